The van der Waals surface area contributed by atoms with Crippen molar-refractivity contribution >= 4 is 23.4 Å². The number of hydrogen-bond acceptors (Lipinski definition) is 3. The highest BCUT2D eigenvalue weighted by atomic mass is 35.5. The van der Waals surface area contributed by atoms with Gasteiger partial charge in [0.25, 0.3) is 0 Å². The third-order valence-electron chi connectivity index (χ3n) is 3.00. The van der Waals surface area contributed by atoms with Gasteiger partial charge in [-0.2, -0.15) is 11.8 Å². The Bertz CT molecular complexity index is 645. The van der Waals surface area contributed by atoms with Crippen molar-refractivity contribution in [2.45, 2.75) is 12.3 Å². The standard InChI is InChI=1S/C12H11ClN2O2S/c13-8-1-3-9(4-2-8)15-11(16)10-7-18-6-5-14(10)12(15)17/h1-4,16H,5-7H2. The summed E-state index contributed by atoms with van der Waals surface area (Å²) in [4.78, 5) is 12.2. The van der Waals surface area contributed by atoms with E-state index in [2.05, 4.69) is 0 Å². The van der Waals surface area contributed by atoms with Crippen molar-refractivity contribution in [2.24, 2.45) is 0 Å². The van der Waals surface area contributed by atoms with Crippen molar-refractivity contribution in [1.82, 2.24) is 9.13 Å². The molecule has 0 radical (unpaired) electrons. The maximum atomic E-state index is 12.2. The number of aromatic hydroxyl groups is 1. The molecular weight excluding hydrogens is 272 g/mol. The summed E-state index contributed by atoms with van der Waals surface area (Å²) in [5, 5.41) is 10.8. The summed E-state index contributed by atoms with van der Waals surface area (Å²) >= 11 is 7.54. The molecule has 0 aliphatic carbocycles. The number of thioether (sulfide) groups is 1. The normalized spacial score (nSPS) is 14.5. The molecule has 0 atom stereocenters. The molecule has 3 rings (SSSR count). The van der Waals surface area contributed by atoms with Gasteiger partial charge in [0.1, 0.15) is 0 Å². The minimum atomic E-state index is -0.190. The number of nitrogens with zero attached hydrogens (tertiary/aromatic N) is 2. The molecular formula is C12H11ClN2O2S. The number of fused-ring (bicyclic) bond motifs is 1. The molecule has 0 saturated heterocycles. The summed E-state index contributed by atoms with van der Waals surface area (Å²) in [5.41, 5.74) is 1.14. The van der Waals surface area contributed by atoms with E-state index in [1.165, 1.54) is 4.57 Å². The van der Waals surface area contributed by atoms with E-state index in [1.807, 2.05) is 0 Å². The lowest BCUT2D eigenvalue weighted by atomic mass is 10.3. The van der Waals surface area contributed by atoms with Crippen LogP contribution in [0.5, 0.6) is 5.88 Å². The fourth-order valence-electron chi connectivity index (χ4n) is 2.10. The van der Waals surface area contributed by atoms with Crippen molar-refractivity contribution in [3.63, 3.8) is 0 Å². The Hall–Kier alpha value is -1.33. The van der Waals surface area contributed by atoms with E-state index in [-0.39, 0.29) is 11.6 Å². The Morgan fingerprint density at radius 1 is 1.28 bits per heavy atom. The summed E-state index contributed by atoms with van der Waals surface area (Å²) < 4.78 is 2.97. The molecule has 18 heavy (non-hydrogen) atoms. The number of rotatable bonds is 1. The van der Waals surface area contributed by atoms with Crippen LogP contribution in [0.1, 0.15) is 5.69 Å². The van der Waals surface area contributed by atoms with E-state index in [0.29, 0.717) is 28.7 Å². The van der Waals surface area contributed by atoms with Crippen molar-refractivity contribution < 1.29 is 5.11 Å². The summed E-state index contributed by atoms with van der Waals surface area (Å²) in [6.45, 7) is 0.646. The van der Waals surface area contributed by atoms with Crippen LogP contribution < -0.4 is 5.69 Å². The van der Waals surface area contributed by atoms with Gasteiger partial charge in [-0.1, -0.05) is 11.6 Å². The SMILES string of the molecule is O=c1n2c(c(O)n1-c1ccc(Cl)cc1)CSCC2. The van der Waals surface area contributed by atoms with Gasteiger partial charge in [0, 0.05) is 23.1 Å². The van der Waals surface area contributed by atoms with Crippen molar-refractivity contribution in [1.29, 1.82) is 0 Å². The van der Waals surface area contributed by atoms with Gasteiger partial charge in [0.2, 0.25) is 5.88 Å². The summed E-state index contributed by atoms with van der Waals surface area (Å²) in [5.74, 6) is 1.60. The van der Waals surface area contributed by atoms with Crippen molar-refractivity contribution in [3.8, 4) is 11.6 Å². The highest BCUT2D eigenvalue weighted by Crippen LogP contribution is 2.28. The maximum Gasteiger partial charge on any atom is 0.335 e. The molecule has 0 amide bonds. The average Bonchev–Trinajstić information content (AvgIpc) is 2.64. The molecule has 0 bridgehead atoms. The summed E-state index contributed by atoms with van der Waals surface area (Å²) in [6.07, 6.45) is 0. The number of aromatic nitrogens is 2. The minimum Gasteiger partial charge on any atom is -0.493 e. The first kappa shape index (κ1) is 11.7. The second-order valence-electron chi connectivity index (χ2n) is 4.07. The molecule has 1 aromatic heterocycles. The molecule has 1 aliphatic heterocycles. The van der Waals surface area contributed by atoms with E-state index in [0.717, 1.165) is 5.75 Å². The van der Waals surface area contributed by atoms with Crippen LogP contribution in [0.4, 0.5) is 0 Å². The van der Waals surface area contributed by atoms with Gasteiger partial charge in [0.15, 0.2) is 0 Å². The molecule has 2 aromatic rings. The Balaban J connectivity index is 2.21. The van der Waals surface area contributed by atoms with Crippen LogP contribution in [0.3, 0.4) is 0 Å². The molecule has 1 aliphatic rings. The average molecular weight is 283 g/mol. The van der Waals surface area contributed by atoms with Crippen LogP contribution >= 0.6 is 23.4 Å². The zero-order valence-electron chi connectivity index (χ0n) is 9.47. The minimum absolute atomic E-state index is 0.0366. The van der Waals surface area contributed by atoms with Crippen molar-refractivity contribution in [2.75, 3.05) is 5.75 Å². The molecule has 94 valence electrons. The van der Waals surface area contributed by atoms with E-state index < -0.39 is 0 Å². The van der Waals surface area contributed by atoms with E-state index in [9.17, 15) is 9.90 Å². The van der Waals surface area contributed by atoms with Gasteiger partial charge < -0.3 is 5.11 Å². The van der Waals surface area contributed by atoms with E-state index >= 15 is 0 Å². The highest BCUT2D eigenvalue weighted by molar-refractivity contribution is 7.98. The molecule has 6 heteroatoms. The van der Waals surface area contributed by atoms with Gasteiger partial charge in [-0.05, 0) is 24.3 Å². The third kappa shape index (κ3) is 1.74. The molecule has 1 aromatic carbocycles. The van der Waals surface area contributed by atoms with Gasteiger partial charge in [-0.3, -0.25) is 4.57 Å². The quantitative estimate of drug-likeness (QED) is 0.873. The van der Waals surface area contributed by atoms with Crippen LogP contribution in [0.2, 0.25) is 5.02 Å². The van der Waals surface area contributed by atoms with Gasteiger partial charge >= 0.3 is 5.69 Å². The lowest BCUT2D eigenvalue weighted by Gasteiger charge is -2.11. The number of imidazole rings is 1. The summed E-state index contributed by atoms with van der Waals surface area (Å²) in [7, 11) is 0. The lowest BCUT2D eigenvalue weighted by molar-refractivity contribution is 0.435. The van der Waals surface area contributed by atoms with Crippen LogP contribution in [0.25, 0.3) is 5.69 Å². The molecule has 4 nitrogen and oxygen atoms in total. The monoisotopic (exact) mass is 282 g/mol. The lowest BCUT2D eigenvalue weighted by Crippen LogP contribution is -2.26. The van der Waals surface area contributed by atoms with Gasteiger partial charge in [-0.25, -0.2) is 9.36 Å². The zero-order chi connectivity index (χ0) is 12.7. The Morgan fingerprint density at radius 2 is 2.00 bits per heavy atom. The smallest absolute Gasteiger partial charge is 0.335 e. The molecule has 0 fully saturated rings. The predicted molar refractivity (Wildman–Crippen MR) is 72.9 cm³/mol. The predicted octanol–water partition coefficient (Wildman–Crippen LogP) is 2.24. The van der Waals surface area contributed by atoms with Crippen LogP contribution in [-0.2, 0) is 12.3 Å². The highest BCUT2D eigenvalue weighted by Gasteiger charge is 2.22. The van der Waals surface area contributed by atoms with E-state index in [1.54, 1.807) is 40.6 Å². The van der Waals surface area contributed by atoms with Gasteiger partial charge in [0.05, 0.1) is 11.4 Å². The maximum absolute atomic E-state index is 12.2. The first-order valence-corrected chi connectivity index (χ1v) is 7.09. The number of benzene rings is 1. The molecule has 0 unspecified atom stereocenters. The molecule has 0 saturated carbocycles. The number of hydrogen-bond donors (Lipinski definition) is 1. The van der Waals surface area contributed by atoms with Gasteiger partial charge in [-0.15, -0.1) is 0 Å². The topological polar surface area (TPSA) is 47.2 Å². The first-order valence-electron chi connectivity index (χ1n) is 5.55. The second kappa shape index (κ2) is 4.40. The molecule has 2 heterocycles. The first-order chi connectivity index (χ1) is 8.68. The van der Waals surface area contributed by atoms with Crippen LogP contribution in [0.15, 0.2) is 29.1 Å². The Labute approximate surface area is 113 Å². The number of halogens is 1. The van der Waals surface area contributed by atoms with Crippen molar-refractivity contribution in [3.05, 3.63) is 45.5 Å². The zero-order valence-corrected chi connectivity index (χ0v) is 11.0. The second-order valence-corrected chi connectivity index (χ2v) is 5.61. The van der Waals surface area contributed by atoms with E-state index in [4.69, 9.17) is 11.6 Å². The fourth-order valence-corrected chi connectivity index (χ4v) is 3.16. The Morgan fingerprint density at radius 3 is 2.67 bits per heavy atom. The Kier molecular flexibility index (Phi) is 2.87. The summed E-state index contributed by atoms with van der Waals surface area (Å²) in [6, 6.07) is 6.85. The van der Waals surface area contributed by atoms with Crippen LogP contribution in [-0.4, -0.2) is 20.0 Å². The molecule has 0 spiro atoms. The van der Waals surface area contributed by atoms with Crippen LogP contribution in [0, 0.1) is 0 Å². The fraction of sp³-hybridized carbons (Fsp3) is 0.250. The largest absolute Gasteiger partial charge is 0.493 e. The molecule has 1 N–H and O–H groups in total. The third-order valence-corrected chi connectivity index (χ3v) is 4.20.